The summed E-state index contributed by atoms with van der Waals surface area (Å²) in [6.07, 6.45) is 0. The molecule has 1 rings (SSSR count). The van der Waals surface area contributed by atoms with Crippen molar-refractivity contribution in [2.75, 3.05) is 27.8 Å². The van der Waals surface area contributed by atoms with E-state index in [1.807, 2.05) is 0 Å². The minimum atomic E-state index is -1.06. The van der Waals surface area contributed by atoms with E-state index in [1.165, 1.54) is 21.3 Å². The Balaban J connectivity index is 3.13. The highest BCUT2D eigenvalue weighted by Gasteiger charge is 2.19. The van der Waals surface area contributed by atoms with Crippen molar-refractivity contribution in [3.05, 3.63) is 23.3 Å². The highest BCUT2D eigenvalue weighted by atomic mass is 16.5. The number of aliphatic carboxylic acids is 1. The number of carboxylic acids is 1. The fourth-order valence-corrected chi connectivity index (χ4v) is 1.69. The Bertz CT molecular complexity index is 498. The van der Waals surface area contributed by atoms with Crippen LogP contribution in [0.2, 0.25) is 0 Å². The van der Waals surface area contributed by atoms with E-state index in [0.717, 1.165) is 4.90 Å². The molecule has 1 amide bonds. The lowest BCUT2D eigenvalue weighted by atomic mass is 10.1. The zero-order chi connectivity index (χ0) is 14.6. The van der Waals surface area contributed by atoms with E-state index in [-0.39, 0.29) is 12.5 Å². The molecule has 0 aliphatic carbocycles. The molecule has 0 bridgehead atoms. The molecule has 6 nitrogen and oxygen atoms in total. The van der Waals surface area contributed by atoms with Gasteiger partial charge in [0.25, 0.3) is 5.91 Å². The van der Waals surface area contributed by atoms with Crippen LogP contribution in [0.5, 0.6) is 11.5 Å². The van der Waals surface area contributed by atoms with Gasteiger partial charge in [-0.05, 0) is 24.6 Å². The second-order valence-electron chi connectivity index (χ2n) is 4.08. The number of carbonyl (C=O) groups is 2. The fraction of sp³-hybridized carbons (Fsp3) is 0.385. The number of rotatable bonds is 5. The highest BCUT2D eigenvalue weighted by Crippen LogP contribution is 2.30. The van der Waals surface area contributed by atoms with Gasteiger partial charge in [-0.15, -0.1) is 0 Å². The second-order valence-corrected chi connectivity index (χ2v) is 4.08. The molecule has 0 spiro atoms. The number of aryl methyl sites for hydroxylation is 1. The summed E-state index contributed by atoms with van der Waals surface area (Å²) in [6, 6.07) is 3.23. The van der Waals surface area contributed by atoms with Crippen LogP contribution >= 0.6 is 0 Å². The molecule has 6 heteroatoms. The molecule has 0 aliphatic heterocycles. The summed E-state index contributed by atoms with van der Waals surface area (Å²) in [5, 5.41) is 8.69. The molecule has 0 radical (unpaired) electrons. The van der Waals surface area contributed by atoms with E-state index in [2.05, 4.69) is 0 Å². The molecule has 104 valence electrons. The zero-order valence-corrected chi connectivity index (χ0v) is 11.4. The molecular formula is C13H17NO5. The minimum absolute atomic E-state index is 0.355. The average Bonchev–Trinajstić information content (AvgIpc) is 2.36. The first-order valence-electron chi connectivity index (χ1n) is 5.60. The van der Waals surface area contributed by atoms with Gasteiger partial charge in [-0.3, -0.25) is 9.59 Å². The molecule has 19 heavy (non-hydrogen) atoms. The maximum Gasteiger partial charge on any atom is 0.323 e. The molecule has 0 heterocycles. The van der Waals surface area contributed by atoms with E-state index in [0.29, 0.717) is 22.6 Å². The Morgan fingerprint density at radius 1 is 1.21 bits per heavy atom. The maximum absolute atomic E-state index is 12.1. The molecule has 1 aromatic rings. The summed E-state index contributed by atoms with van der Waals surface area (Å²) in [5.74, 6) is -0.479. The number of carboxylic acid groups (broad SMARTS) is 1. The van der Waals surface area contributed by atoms with E-state index >= 15 is 0 Å². The molecule has 0 aromatic heterocycles. The van der Waals surface area contributed by atoms with Crippen LogP contribution in [0, 0.1) is 6.92 Å². The van der Waals surface area contributed by atoms with Crippen LogP contribution in [0.1, 0.15) is 15.9 Å². The summed E-state index contributed by atoms with van der Waals surface area (Å²) < 4.78 is 10.3. The lowest BCUT2D eigenvalue weighted by Gasteiger charge is -2.17. The third-order valence-electron chi connectivity index (χ3n) is 2.68. The molecule has 0 atom stereocenters. The number of hydrogen-bond acceptors (Lipinski definition) is 4. The topological polar surface area (TPSA) is 76.1 Å². The Morgan fingerprint density at radius 2 is 1.74 bits per heavy atom. The molecule has 0 unspecified atom stereocenters. The van der Waals surface area contributed by atoms with Crippen molar-refractivity contribution >= 4 is 11.9 Å². The van der Waals surface area contributed by atoms with Gasteiger partial charge in [0.05, 0.1) is 14.2 Å². The SMILES string of the molecule is COc1cc(C)c(C(=O)N(C)CC(=O)O)cc1OC. The predicted octanol–water partition coefficient (Wildman–Crippen LogP) is 1.17. The number of nitrogens with zero attached hydrogens (tertiary/aromatic N) is 1. The van der Waals surface area contributed by atoms with Crippen LogP contribution < -0.4 is 9.47 Å². The van der Waals surface area contributed by atoms with Crippen molar-refractivity contribution in [2.45, 2.75) is 6.92 Å². The number of benzene rings is 1. The van der Waals surface area contributed by atoms with Crippen LogP contribution in [0.25, 0.3) is 0 Å². The van der Waals surface area contributed by atoms with Gasteiger partial charge in [0.15, 0.2) is 11.5 Å². The van der Waals surface area contributed by atoms with E-state index in [9.17, 15) is 9.59 Å². The Kier molecular flexibility index (Phi) is 4.74. The Hall–Kier alpha value is -2.24. The average molecular weight is 267 g/mol. The van der Waals surface area contributed by atoms with Crippen LogP contribution in [0.15, 0.2) is 12.1 Å². The largest absolute Gasteiger partial charge is 0.493 e. The quantitative estimate of drug-likeness (QED) is 0.866. The number of likely N-dealkylation sites (N-methyl/N-ethyl adjacent to an activating group) is 1. The van der Waals surface area contributed by atoms with Crippen molar-refractivity contribution in [3.8, 4) is 11.5 Å². The number of ether oxygens (including phenoxy) is 2. The minimum Gasteiger partial charge on any atom is -0.493 e. The van der Waals surface area contributed by atoms with Gasteiger partial charge in [-0.2, -0.15) is 0 Å². The normalized spacial score (nSPS) is 9.89. The number of methoxy groups -OCH3 is 2. The first kappa shape index (κ1) is 14.8. The molecule has 1 N–H and O–H groups in total. The van der Waals surface area contributed by atoms with Gasteiger partial charge in [0, 0.05) is 12.6 Å². The van der Waals surface area contributed by atoms with Crippen LogP contribution in [0.4, 0.5) is 0 Å². The fourth-order valence-electron chi connectivity index (χ4n) is 1.69. The van der Waals surface area contributed by atoms with Crippen LogP contribution in [-0.2, 0) is 4.79 Å². The first-order chi connectivity index (χ1) is 8.90. The summed E-state index contributed by atoms with van der Waals surface area (Å²) in [4.78, 5) is 23.9. The van der Waals surface area contributed by atoms with Gasteiger partial charge < -0.3 is 19.5 Å². The van der Waals surface area contributed by atoms with Gasteiger partial charge in [-0.25, -0.2) is 0 Å². The molecular weight excluding hydrogens is 250 g/mol. The van der Waals surface area contributed by atoms with Crippen molar-refractivity contribution in [1.29, 1.82) is 0 Å². The van der Waals surface area contributed by atoms with E-state index in [4.69, 9.17) is 14.6 Å². The van der Waals surface area contributed by atoms with E-state index in [1.54, 1.807) is 19.1 Å². The van der Waals surface area contributed by atoms with Gasteiger partial charge in [-0.1, -0.05) is 0 Å². The summed E-state index contributed by atoms with van der Waals surface area (Å²) >= 11 is 0. The monoisotopic (exact) mass is 267 g/mol. The number of amides is 1. The first-order valence-corrected chi connectivity index (χ1v) is 5.60. The predicted molar refractivity (Wildman–Crippen MR) is 68.9 cm³/mol. The molecule has 1 aromatic carbocycles. The number of carbonyl (C=O) groups excluding carboxylic acids is 1. The Morgan fingerprint density at radius 3 is 2.21 bits per heavy atom. The van der Waals surface area contributed by atoms with Crippen molar-refractivity contribution in [2.24, 2.45) is 0 Å². The summed E-state index contributed by atoms with van der Waals surface area (Å²) in [5.41, 5.74) is 1.08. The summed E-state index contributed by atoms with van der Waals surface area (Å²) in [6.45, 7) is 1.40. The standard InChI is InChI=1S/C13H17NO5/c1-8-5-10(18-3)11(19-4)6-9(8)13(17)14(2)7-12(15)16/h5-6H,7H2,1-4H3,(H,15,16). The number of hydrogen-bond donors (Lipinski definition) is 1. The zero-order valence-electron chi connectivity index (χ0n) is 11.4. The highest BCUT2D eigenvalue weighted by molar-refractivity contribution is 5.97. The molecule has 0 fully saturated rings. The van der Waals surface area contributed by atoms with Crippen molar-refractivity contribution in [3.63, 3.8) is 0 Å². The third-order valence-corrected chi connectivity index (χ3v) is 2.68. The Labute approximate surface area is 111 Å². The summed E-state index contributed by atoms with van der Waals surface area (Å²) in [7, 11) is 4.42. The molecule has 0 saturated heterocycles. The van der Waals surface area contributed by atoms with Gasteiger partial charge >= 0.3 is 5.97 Å². The van der Waals surface area contributed by atoms with Gasteiger partial charge in [0.1, 0.15) is 6.54 Å². The lowest BCUT2D eigenvalue weighted by Crippen LogP contribution is -2.32. The van der Waals surface area contributed by atoms with Crippen molar-refractivity contribution < 1.29 is 24.2 Å². The van der Waals surface area contributed by atoms with Crippen LogP contribution in [-0.4, -0.2) is 49.7 Å². The van der Waals surface area contributed by atoms with Crippen LogP contribution in [0.3, 0.4) is 0 Å². The smallest absolute Gasteiger partial charge is 0.323 e. The molecule has 0 saturated carbocycles. The van der Waals surface area contributed by atoms with E-state index < -0.39 is 5.97 Å². The maximum atomic E-state index is 12.1. The second kappa shape index (κ2) is 6.08. The lowest BCUT2D eigenvalue weighted by molar-refractivity contribution is -0.137. The molecule has 0 aliphatic rings. The van der Waals surface area contributed by atoms with Gasteiger partial charge in [0.2, 0.25) is 0 Å². The van der Waals surface area contributed by atoms with Crippen molar-refractivity contribution in [1.82, 2.24) is 4.90 Å². The third kappa shape index (κ3) is 3.37.